The van der Waals surface area contributed by atoms with Gasteiger partial charge in [0.25, 0.3) is 11.2 Å². The van der Waals surface area contributed by atoms with Gasteiger partial charge in [-0.2, -0.15) is 0 Å². The Kier molecular flexibility index (Phi) is 5.82. The van der Waals surface area contributed by atoms with Crippen LogP contribution in [0.1, 0.15) is 11.1 Å². The van der Waals surface area contributed by atoms with Crippen LogP contribution in [0.4, 0.5) is 17.1 Å². The molecule has 6 rings (SSSR count). The van der Waals surface area contributed by atoms with E-state index in [4.69, 9.17) is 9.47 Å². The number of rotatable bonds is 4. The summed E-state index contributed by atoms with van der Waals surface area (Å²) >= 11 is 1.30. The number of nitro groups is 1. The number of aryl methyl sites for hydroxylation is 1. The molecule has 0 unspecified atom stereocenters. The van der Waals surface area contributed by atoms with Crippen LogP contribution < -0.4 is 19.9 Å². The first-order valence-corrected chi connectivity index (χ1v) is 12.7. The first-order chi connectivity index (χ1) is 17.5. The van der Waals surface area contributed by atoms with Gasteiger partial charge in [-0.05, 0) is 30.7 Å². The van der Waals surface area contributed by atoms with Gasteiger partial charge in [0.05, 0.1) is 46.9 Å². The highest BCUT2D eigenvalue weighted by Gasteiger charge is 2.26. The van der Waals surface area contributed by atoms with Crippen molar-refractivity contribution < 1.29 is 14.4 Å². The van der Waals surface area contributed by atoms with Crippen LogP contribution >= 0.6 is 11.3 Å². The Morgan fingerprint density at radius 3 is 2.36 bits per heavy atom. The van der Waals surface area contributed by atoms with E-state index < -0.39 is 0 Å². The maximum Gasteiger partial charge on any atom is 0.293 e. The topological polar surface area (TPSA) is 102 Å². The number of nitro benzene ring substituents is 1. The molecule has 2 saturated heterocycles. The molecule has 4 heterocycles. The molecule has 2 aromatic heterocycles. The fourth-order valence-electron chi connectivity index (χ4n) is 4.95. The zero-order valence-electron chi connectivity index (χ0n) is 19.8. The maximum atomic E-state index is 13.5. The van der Waals surface area contributed by atoms with Crippen molar-refractivity contribution in [3.05, 3.63) is 66.5 Å². The summed E-state index contributed by atoms with van der Waals surface area (Å²) in [4.78, 5) is 34.7. The number of fused-ring (bicyclic) bond motifs is 3. The molecule has 11 heteroatoms. The molecule has 0 spiro atoms. The molecule has 2 aromatic carbocycles. The second-order valence-electron chi connectivity index (χ2n) is 8.94. The van der Waals surface area contributed by atoms with E-state index in [-0.39, 0.29) is 16.2 Å². The highest BCUT2D eigenvalue weighted by molar-refractivity contribution is 7.15. The summed E-state index contributed by atoms with van der Waals surface area (Å²) in [5, 5.41) is 12.1. The third-order valence-corrected chi connectivity index (χ3v) is 7.75. The van der Waals surface area contributed by atoms with Gasteiger partial charge in [-0.1, -0.05) is 23.5 Å². The van der Waals surface area contributed by atoms with E-state index in [1.54, 1.807) is 16.5 Å². The lowest BCUT2D eigenvalue weighted by Gasteiger charge is -2.33. The van der Waals surface area contributed by atoms with Crippen molar-refractivity contribution in [3.63, 3.8) is 0 Å². The molecule has 0 bridgehead atoms. The molecule has 0 N–H and O–H groups in total. The largest absolute Gasteiger partial charge is 0.378 e. The molecule has 10 nitrogen and oxygen atoms in total. The first kappa shape index (κ1) is 22.9. The van der Waals surface area contributed by atoms with Crippen LogP contribution in [0.2, 0.25) is 0 Å². The number of aromatic nitrogens is 2. The number of thiazole rings is 1. The van der Waals surface area contributed by atoms with Crippen molar-refractivity contribution >= 4 is 50.5 Å². The van der Waals surface area contributed by atoms with Crippen LogP contribution in [0.15, 0.2) is 35.1 Å². The van der Waals surface area contributed by atoms with Gasteiger partial charge in [-0.15, -0.1) is 0 Å². The molecular formula is C25H25N5O5S. The standard InChI is InChI=1S/C25H25N5O5S/c1-16-3-2-4-18-23(16)26-25-29(18)24(31)22(36-25)14-17-13-21(30(32)33)20(28-7-11-35-12-8-28)15-19(17)27-5-9-34-10-6-27/h2-4,13-15H,5-12H2,1H3/b22-14+. The summed E-state index contributed by atoms with van der Waals surface area (Å²) in [5.74, 6) is 0. The number of hydrogen-bond donors (Lipinski definition) is 0. The minimum Gasteiger partial charge on any atom is -0.378 e. The maximum absolute atomic E-state index is 13.5. The summed E-state index contributed by atoms with van der Waals surface area (Å²) in [6.45, 7) is 6.70. The molecule has 0 aliphatic carbocycles. The molecule has 0 amide bonds. The number of anilines is 2. The zero-order chi connectivity index (χ0) is 24.8. The van der Waals surface area contributed by atoms with E-state index in [9.17, 15) is 14.9 Å². The number of hydrogen-bond acceptors (Lipinski definition) is 9. The van der Waals surface area contributed by atoms with Crippen LogP contribution in [0.25, 0.3) is 22.1 Å². The third-order valence-electron chi connectivity index (χ3n) is 6.78. The Morgan fingerprint density at radius 2 is 1.69 bits per heavy atom. The van der Waals surface area contributed by atoms with Gasteiger partial charge < -0.3 is 19.3 Å². The lowest BCUT2D eigenvalue weighted by atomic mass is 10.1. The number of morpholine rings is 2. The highest BCUT2D eigenvalue weighted by Crippen LogP contribution is 2.37. The first-order valence-electron chi connectivity index (χ1n) is 11.9. The highest BCUT2D eigenvalue weighted by atomic mass is 32.1. The Hall–Kier alpha value is -3.54. The van der Waals surface area contributed by atoms with Crippen LogP contribution in [-0.4, -0.2) is 66.9 Å². The predicted octanol–water partition coefficient (Wildman–Crippen LogP) is 2.35. The number of para-hydroxylation sites is 1. The molecule has 0 saturated carbocycles. The molecular weight excluding hydrogens is 482 g/mol. The molecule has 2 fully saturated rings. The van der Waals surface area contributed by atoms with Crippen molar-refractivity contribution in [1.82, 2.24) is 9.38 Å². The van der Waals surface area contributed by atoms with E-state index >= 15 is 0 Å². The van der Waals surface area contributed by atoms with E-state index in [1.165, 1.54) is 11.3 Å². The molecule has 4 aromatic rings. The van der Waals surface area contributed by atoms with Crippen LogP contribution in [0.3, 0.4) is 0 Å². The van der Waals surface area contributed by atoms with Crippen LogP contribution in [0.5, 0.6) is 0 Å². The van der Waals surface area contributed by atoms with Gasteiger partial charge in [0.1, 0.15) is 5.69 Å². The van der Waals surface area contributed by atoms with Gasteiger partial charge in [0.2, 0.25) is 0 Å². The zero-order valence-corrected chi connectivity index (χ0v) is 20.6. The van der Waals surface area contributed by atoms with E-state index in [2.05, 4.69) is 9.88 Å². The van der Waals surface area contributed by atoms with Gasteiger partial charge in [-0.3, -0.25) is 14.9 Å². The fraction of sp³-hybridized carbons (Fsp3) is 0.360. The van der Waals surface area contributed by atoms with Crippen molar-refractivity contribution in [1.29, 1.82) is 0 Å². The Bertz CT molecular complexity index is 1580. The summed E-state index contributed by atoms with van der Waals surface area (Å²) in [6.07, 6.45) is 1.77. The van der Waals surface area contributed by atoms with Crippen molar-refractivity contribution in [2.24, 2.45) is 0 Å². The van der Waals surface area contributed by atoms with Gasteiger partial charge in [0.15, 0.2) is 4.96 Å². The number of nitrogens with zero attached hydrogens (tertiary/aromatic N) is 5. The average molecular weight is 508 g/mol. The lowest BCUT2D eigenvalue weighted by molar-refractivity contribution is -0.384. The second-order valence-corrected chi connectivity index (χ2v) is 9.95. The van der Waals surface area contributed by atoms with Gasteiger partial charge in [0, 0.05) is 43.5 Å². The van der Waals surface area contributed by atoms with Crippen LogP contribution in [-0.2, 0) is 9.47 Å². The van der Waals surface area contributed by atoms with Gasteiger partial charge >= 0.3 is 0 Å². The molecule has 2 aliphatic heterocycles. The van der Waals surface area contributed by atoms with E-state index in [0.717, 1.165) is 22.3 Å². The minimum atomic E-state index is -0.346. The minimum absolute atomic E-state index is 0.0232. The lowest BCUT2D eigenvalue weighted by Crippen LogP contribution is -2.38. The molecule has 36 heavy (non-hydrogen) atoms. The van der Waals surface area contributed by atoms with Crippen molar-refractivity contribution in [3.8, 4) is 0 Å². The normalized spacial score (nSPS) is 17.4. The molecule has 186 valence electrons. The fourth-order valence-corrected chi connectivity index (χ4v) is 5.92. The monoisotopic (exact) mass is 507 g/mol. The Balaban J connectivity index is 1.55. The van der Waals surface area contributed by atoms with Crippen molar-refractivity contribution in [2.75, 3.05) is 62.4 Å². The number of ether oxygens (including phenoxy) is 2. The molecule has 2 aliphatic rings. The summed E-state index contributed by atoms with van der Waals surface area (Å²) in [6, 6.07) is 9.26. The number of imidazole rings is 1. The quantitative estimate of drug-likeness (QED) is 0.306. The SMILES string of the molecule is Cc1cccc2c1nc1s/c(=C/c3cc([N+](=O)[O-])c(N4CCOCC4)cc3N3CCOCC3)c(=O)n12. The Morgan fingerprint density at radius 1 is 1.03 bits per heavy atom. The number of benzene rings is 2. The Labute approximate surface area is 210 Å². The summed E-state index contributed by atoms with van der Waals surface area (Å²) in [7, 11) is 0. The third kappa shape index (κ3) is 3.89. The molecule has 0 radical (unpaired) electrons. The van der Waals surface area contributed by atoms with Crippen LogP contribution in [0, 0.1) is 17.0 Å². The van der Waals surface area contributed by atoms with E-state index in [0.29, 0.717) is 73.4 Å². The summed E-state index contributed by atoms with van der Waals surface area (Å²) < 4.78 is 13.1. The van der Waals surface area contributed by atoms with E-state index in [1.807, 2.05) is 36.1 Å². The summed E-state index contributed by atoms with van der Waals surface area (Å²) in [5.41, 5.74) is 4.52. The van der Waals surface area contributed by atoms with Gasteiger partial charge in [-0.25, -0.2) is 9.38 Å². The molecule has 0 atom stereocenters. The smallest absolute Gasteiger partial charge is 0.293 e. The second kappa shape index (κ2) is 9.16. The average Bonchev–Trinajstić information content (AvgIpc) is 3.42. The van der Waals surface area contributed by atoms with Crippen molar-refractivity contribution in [2.45, 2.75) is 6.92 Å². The predicted molar refractivity (Wildman–Crippen MR) is 140 cm³/mol.